The van der Waals surface area contributed by atoms with Crippen LogP contribution < -0.4 is 0 Å². The Labute approximate surface area is 190 Å². The lowest BCUT2D eigenvalue weighted by Gasteiger charge is -2.10. The number of nitrogens with zero attached hydrogens (tertiary/aromatic N) is 1. The number of para-hydroxylation sites is 1. The van der Waals surface area contributed by atoms with E-state index in [1.807, 2.05) is 30.5 Å². The van der Waals surface area contributed by atoms with Gasteiger partial charge in [-0.2, -0.15) is 0 Å². The molecule has 3 aromatic carbocycles. The first kappa shape index (κ1) is 20.1. The molecule has 2 nitrogen and oxygen atoms in total. The van der Waals surface area contributed by atoms with Crippen LogP contribution in [0.2, 0.25) is 0 Å². The lowest BCUT2D eigenvalue weighted by molar-refractivity contribution is 0.546. The third kappa shape index (κ3) is 3.60. The predicted octanol–water partition coefficient (Wildman–Crippen LogP) is 8.33. The van der Waals surface area contributed by atoms with E-state index in [0.717, 1.165) is 40.0 Å². The van der Waals surface area contributed by atoms with Gasteiger partial charge in [0.05, 0.1) is 11.3 Å². The number of pyridine rings is 1. The van der Waals surface area contributed by atoms with Crippen LogP contribution in [0.5, 0.6) is 0 Å². The second kappa shape index (κ2) is 8.11. The number of hydrogen-bond acceptors (Lipinski definition) is 2. The third-order valence-corrected chi connectivity index (χ3v) is 6.85. The predicted molar refractivity (Wildman–Crippen MR) is 128 cm³/mol. The number of fused-ring (bicyclic) bond motifs is 3. The van der Waals surface area contributed by atoms with Crippen molar-refractivity contribution in [3.05, 3.63) is 90.1 Å². The molecule has 4 heteroatoms. The van der Waals surface area contributed by atoms with Gasteiger partial charge in [0.15, 0.2) is 0 Å². The van der Waals surface area contributed by atoms with Gasteiger partial charge in [-0.1, -0.05) is 49.9 Å². The summed E-state index contributed by atoms with van der Waals surface area (Å²) in [5, 5.41) is 1.88. The van der Waals surface area contributed by atoms with Crippen LogP contribution in [0.3, 0.4) is 0 Å². The highest BCUT2D eigenvalue weighted by molar-refractivity contribution is 6.10. The smallest absolute Gasteiger partial charge is 0.144 e. The second-order valence-electron chi connectivity index (χ2n) is 9.00. The first-order valence-electron chi connectivity index (χ1n) is 11.5. The van der Waals surface area contributed by atoms with Gasteiger partial charge in [0, 0.05) is 22.5 Å². The maximum atomic E-state index is 14.3. The van der Waals surface area contributed by atoms with Crippen LogP contribution in [-0.4, -0.2) is 4.98 Å². The monoisotopic (exact) mass is 439 g/mol. The molecule has 0 radical (unpaired) electrons. The zero-order valence-corrected chi connectivity index (χ0v) is 18.2. The average molecular weight is 440 g/mol. The van der Waals surface area contributed by atoms with Crippen LogP contribution >= 0.6 is 0 Å². The van der Waals surface area contributed by atoms with E-state index in [9.17, 15) is 8.78 Å². The Hall–Kier alpha value is -3.53. The van der Waals surface area contributed by atoms with Crippen molar-refractivity contribution in [1.82, 2.24) is 4.98 Å². The van der Waals surface area contributed by atoms with Crippen molar-refractivity contribution < 1.29 is 13.2 Å². The van der Waals surface area contributed by atoms with E-state index in [-0.39, 0.29) is 5.56 Å². The highest BCUT2D eigenvalue weighted by Crippen LogP contribution is 2.38. The lowest BCUT2D eigenvalue weighted by Crippen LogP contribution is -1.99. The number of rotatable bonds is 4. The van der Waals surface area contributed by atoms with Crippen LogP contribution in [-0.2, 0) is 6.42 Å². The zero-order valence-electron chi connectivity index (χ0n) is 18.2. The summed E-state index contributed by atoms with van der Waals surface area (Å²) in [6.07, 6.45) is 8.24. The Kier molecular flexibility index (Phi) is 4.94. The van der Waals surface area contributed by atoms with E-state index in [1.54, 1.807) is 12.1 Å². The van der Waals surface area contributed by atoms with Crippen LogP contribution in [0.25, 0.3) is 44.3 Å². The van der Waals surface area contributed by atoms with Crippen LogP contribution in [0.1, 0.15) is 31.2 Å². The van der Waals surface area contributed by atoms with Crippen molar-refractivity contribution in [2.75, 3.05) is 0 Å². The molecule has 0 spiro atoms. The van der Waals surface area contributed by atoms with E-state index in [2.05, 4.69) is 17.1 Å². The fourth-order valence-electron chi connectivity index (χ4n) is 5.23. The summed E-state index contributed by atoms with van der Waals surface area (Å²) >= 11 is 0. The number of furan rings is 1. The summed E-state index contributed by atoms with van der Waals surface area (Å²) in [6, 6.07) is 19.5. The fourth-order valence-corrected chi connectivity index (χ4v) is 5.23. The highest BCUT2D eigenvalue weighted by atomic mass is 19.1. The van der Waals surface area contributed by atoms with E-state index in [1.165, 1.54) is 49.4 Å². The Morgan fingerprint density at radius 1 is 0.848 bits per heavy atom. The van der Waals surface area contributed by atoms with Gasteiger partial charge in [0.25, 0.3) is 0 Å². The number of halogens is 2. The van der Waals surface area contributed by atoms with Gasteiger partial charge in [-0.3, -0.25) is 4.98 Å². The van der Waals surface area contributed by atoms with Gasteiger partial charge in [-0.25, -0.2) is 8.78 Å². The molecule has 0 amide bonds. The summed E-state index contributed by atoms with van der Waals surface area (Å²) in [4.78, 5) is 4.63. The summed E-state index contributed by atoms with van der Waals surface area (Å²) in [5.41, 5.74) is 4.86. The Morgan fingerprint density at radius 3 is 2.45 bits per heavy atom. The molecule has 1 aliphatic rings. The van der Waals surface area contributed by atoms with Crippen LogP contribution in [0, 0.1) is 17.6 Å². The molecule has 33 heavy (non-hydrogen) atoms. The number of benzene rings is 3. The van der Waals surface area contributed by atoms with Crippen molar-refractivity contribution in [3.63, 3.8) is 0 Å². The third-order valence-electron chi connectivity index (χ3n) is 6.85. The SMILES string of the molecule is Fc1cccc(F)c1-c1ccc2c(c1)oc1c(-c3cc(CC4CCCC4)ccn3)cccc12. The molecular weight excluding hydrogens is 416 g/mol. The normalized spacial score (nSPS) is 14.5. The fraction of sp³-hybridized carbons (Fsp3) is 0.207. The van der Waals surface area contributed by atoms with Gasteiger partial charge < -0.3 is 4.42 Å². The largest absolute Gasteiger partial charge is 0.455 e. The maximum absolute atomic E-state index is 14.3. The molecule has 0 atom stereocenters. The highest BCUT2D eigenvalue weighted by Gasteiger charge is 2.18. The Balaban J connectivity index is 1.45. The van der Waals surface area contributed by atoms with Crippen molar-refractivity contribution in [1.29, 1.82) is 0 Å². The van der Waals surface area contributed by atoms with Crippen molar-refractivity contribution >= 4 is 21.9 Å². The molecule has 6 rings (SSSR count). The minimum absolute atomic E-state index is 0.0404. The lowest BCUT2D eigenvalue weighted by atomic mass is 9.97. The molecule has 0 aliphatic heterocycles. The topological polar surface area (TPSA) is 26.0 Å². The second-order valence-corrected chi connectivity index (χ2v) is 9.00. The molecular formula is C29H23F2NO. The quantitative estimate of drug-likeness (QED) is 0.281. The zero-order chi connectivity index (χ0) is 22.4. The minimum Gasteiger partial charge on any atom is -0.455 e. The number of hydrogen-bond donors (Lipinski definition) is 0. The van der Waals surface area contributed by atoms with Gasteiger partial charge in [0.1, 0.15) is 22.8 Å². The van der Waals surface area contributed by atoms with E-state index in [4.69, 9.17) is 4.42 Å². The van der Waals surface area contributed by atoms with Crippen molar-refractivity contribution in [2.45, 2.75) is 32.1 Å². The van der Waals surface area contributed by atoms with E-state index >= 15 is 0 Å². The first-order valence-corrected chi connectivity index (χ1v) is 11.5. The molecule has 1 aliphatic carbocycles. The molecule has 164 valence electrons. The van der Waals surface area contributed by atoms with Crippen LogP contribution in [0.15, 0.2) is 77.3 Å². The van der Waals surface area contributed by atoms with E-state index < -0.39 is 11.6 Å². The van der Waals surface area contributed by atoms with E-state index in [0.29, 0.717) is 11.1 Å². The molecule has 5 aromatic rings. The molecule has 0 N–H and O–H groups in total. The standard InChI is InChI=1S/C29H23F2NO/c30-24-9-4-10-25(31)28(24)20-11-12-21-22-7-3-8-23(29(22)33-27(21)17-20)26-16-19(13-14-32-26)15-18-5-1-2-6-18/h3-4,7-14,16-18H,1-2,5-6,15H2. The summed E-state index contributed by atoms with van der Waals surface area (Å²) in [7, 11) is 0. The summed E-state index contributed by atoms with van der Waals surface area (Å²) < 4.78 is 34.9. The van der Waals surface area contributed by atoms with Crippen molar-refractivity contribution in [3.8, 4) is 22.4 Å². The summed E-state index contributed by atoms with van der Waals surface area (Å²) in [5.74, 6) is -0.414. The molecule has 0 saturated heterocycles. The van der Waals surface area contributed by atoms with Gasteiger partial charge in [-0.15, -0.1) is 0 Å². The van der Waals surface area contributed by atoms with Crippen LogP contribution in [0.4, 0.5) is 8.78 Å². The maximum Gasteiger partial charge on any atom is 0.144 e. The number of aromatic nitrogens is 1. The molecule has 0 unspecified atom stereocenters. The van der Waals surface area contributed by atoms with Gasteiger partial charge >= 0.3 is 0 Å². The average Bonchev–Trinajstić information content (AvgIpc) is 3.46. The molecule has 1 saturated carbocycles. The molecule has 1 fully saturated rings. The Morgan fingerprint density at radius 2 is 1.64 bits per heavy atom. The van der Waals surface area contributed by atoms with Crippen molar-refractivity contribution in [2.24, 2.45) is 5.92 Å². The van der Waals surface area contributed by atoms with Gasteiger partial charge in [0.2, 0.25) is 0 Å². The Bertz CT molecular complexity index is 1460. The molecule has 0 bridgehead atoms. The summed E-state index contributed by atoms with van der Waals surface area (Å²) in [6.45, 7) is 0. The van der Waals surface area contributed by atoms with Gasteiger partial charge in [-0.05, 0) is 65.9 Å². The minimum atomic E-state index is -0.588. The first-order chi connectivity index (χ1) is 16.2. The molecule has 2 heterocycles. The molecule has 2 aromatic heterocycles.